The number of hydrogen-bond acceptors (Lipinski definition) is 5. The first-order chi connectivity index (χ1) is 13.9. The molecule has 1 N–H and O–H groups in total. The van der Waals surface area contributed by atoms with E-state index in [1.165, 1.54) is 0 Å². The van der Waals surface area contributed by atoms with Gasteiger partial charge in [-0.3, -0.25) is 9.48 Å². The van der Waals surface area contributed by atoms with E-state index in [4.69, 9.17) is 9.47 Å². The first-order valence-electron chi connectivity index (χ1n) is 9.93. The fourth-order valence-corrected chi connectivity index (χ4v) is 3.59. The molecule has 2 aromatic heterocycles. The zero-order chi connectivity index (χ0) is 20.5. The van der Waals surface area contributed by atoms with Crippen LogP contribution < -0.4 is 14.8 Å². The van der Waals surface area contributed by atoms with Crippen LogP contribution in [0.3, 0.4) is 0 Å². The van der Waals surface area contributed by atoms with Gasteiger partial charge in [-0.05, 0) is 44.5 Å². The van der Waals surface area contributed by atoms with Gasteiger partial charge in [0, 0.05) is 50.0 Å². The van der Waals surface area contributed by atoms with Crippen molar-refractivity contribution in [2.75, 3.05) is 6.54 Å². The number of nitrogens with zero attached hydrogens (tertiary/aromatic N) is 3. The first kappa shape index (κ1) is 19.2. The van der Waals surface area contributed by atoms with Crippen LogP contribution in [-0.2, 0) is 11.8 Å². The summed E-state index contributed by atoms with van der Waals surface area (Å²) in [6, 6.07) is 7.91. The summed E-state index contributed by atoms with van der Waals surface area (Å²) in [7, 11) is 1.89. The highest BCUT2D eigenvalue weighted by atomic mass is 16.5. The number of amides is 1. The zero-order valence-corrected chi connectivity index (χ0v) is 17.2. The number of benzene rings is 1. The summed E-state index contributed by atoms with van der Waals surface area (Å²) < 4.78 is 13.7. The van der Waals surface area contributed by atoms with Crippen molar-refractivity contribution in [1.82, 2.24) is 20.1 Å². The molecular weight excluding hydrogens is 368 g/mol. The molecule has 0 radical (unpaired) electrons. The van der Waals surface area contributed by atoms with E-state index in [2.05, 4.69) is 15.4 Å². The number of carbonyl (C=O) groups excluding carboxylic acids is 1. The molecule has 29 heavy (non-hydrogen) atoms. The summed E-state index contributed by atoms with van der Waals surface area (Å²) in [4.78, 5) is 16.0. The number of aromatic nitrogens is 3. The van der Waals surface area contributed by atoms with Crippen LogP contribution in [0.1, 0.15) is 27.2 Å². The summed E-state index contributed by atoms with van der Waals surface area (Å²) in [5.41, 5.74) is 2.79. The Morgan fingerprint density at radius 1 is 1.17 bits per heavy atom. The second kappa shape index (κ2) is 7.73. The van der Waals surface area contributed by atoms with E-state index >= 15 is 0 Å². The van der Waals surface area contributed by atoms with E-state index in [0.717, 1.165) is 27.8 Å². The highest BCUT2D eigenvalue weighted by molar-refractivity contribution is 5.90. The topological polar surface area (TPSA) is 78.3 Å². The van der Waals surface area contributed by atoms with Gasteiger partial charge in [-0.2, -0.15) is 5.10 Å². The van der Waals surface area contributed by atoms with Gasteiger partial charge in [0.1, 0.15) is 11.9 Å². The quantitative estimate of drug-likeness (QED) is 0.694. The smallest absolute Gasteiger partial charge is 0.220 e. The highest BCUT2D eigenvalue weighted by Crippen LogP contribution is 2.34. The van der Waals surface area contributed by atoms with Gasteiger partial charge in [-0.25, -0.2) is 4.98 Å². The lowest BCUT2D eigenvalue weighted by Crippen LogP contribution is -2.25. The Morgan fingerprint density at radius 3 is 2.66 bits per heavy atom. The molecule has 3 aromatic rings. The molecule has 1 aliphatic heterocycles. The molecular formula is C22H26N4O3. The van der Waals surface area contributed by atoms with Crippen LogP contribution in [0.15, 0.2) is 36.7 Å². The van der Waals surface area contributed by atoms with Crippen LogP contribution in [0.4, 0.5) is 0 Å². The lowest BCUT2D eigenvalue weighted by Gasteiger charge is -2.20. The van der Waals surface area contributed by atoms with Crippen LogP contribution in [0.2, 0.25) is 0 Å². The number of carbonyl (C=O) groups is 1. The van der Waals surface area contributed by atoms with Gasteiger partial charge in [-0.1, -0.05) is 0 Å². The monoisotopic (exact) mass is 394 g/mol. The molecule has 7 heteroatoms. The maximum Gasteiger partial charge on any atom is 0.220 e. The van der Waals surface area contributed by atoms with Crippen molar-refractivity contribution < 1.29 is 14.3 Å². The van der Waals surface area contributed by atoms with Gasteiger partial charge in [0.15, 0.2) is 0 Å². The summed E-state index contributed by atoms with van der Waals surface area (Å²) in [5, 5.41) is 8.39. The predicted octanol–water partition coefficient (Wildman–Crippen LogP) is 3.33. The number of hydrogen-bond donors (Lipinski definition) is 1. The van der Waals surface area contributed by atoms with Gasteiger partial charge >= 0.3 is 0 Å². The van der Waals surface area contributed by atoms with Crippen molar-refractivity contribution in [3.63, 3.8) is 0 Å². The van der Waals surface area contributed by atoms with Crippen molar-refractivity contribution in [3.8, 4) is 22.8 Å². The predicted molar refractivity (Wildman–Crippen MR) is 111 cm³/mol. The molecule has 0 saturated carbocycles. The minimum atomic E-state index is -0.0902. The molecule has 1 aliphatic rings. The largest absolute Gasteiger partial charge is 0.490 e. The third-order valence-electron chi connectivity index (χ3n) is 5.11. The maximum absolute atomic E-state index is 11.6. The number of pyridine rings is 1. The van der Waals surface area contributed by atoms with Crippen LogP contribution in [0.25, 0.3) is 22.0 Å². The Bertz CT molecular complexity index is 1030. The first-order valence-corrected chi connectivity index (χ1v) is 9.93. The molecule has 4 rings (SSSR count). The van der Waals surface area contributed by atoms with E-state index in [0.29, 0.717) is 18.8 Å². The third kappa shape index (κ3) is 4.18. The Hall–Kier alpha value is -3.09. The fraction of sp³-hybridized carbons (Fsp3) is 0.409. The Balaban J connectivity index is 1.66. The Labute approximate surface area is 170 Å². The lowest BCUT2D eigenvalue weighted by atomic mass is 10.0. The van der Waals surface area contributed by atoms with E-state index in [9.17, 15) is 4.79 Å². The van der Waals surface area contributed by atoms with Gasteiger partial charge in [0.05, 0.1) is 17.0 Å². The van der Waals surface area contributed by atoms with E-state index < -0.39 is 0 Å². The number of rotatable bonds is 6. The van der Waals surface area contributed by atoms with Crippen LogP contribution in [0.5, 0.6) is 11.6 Å². The minimum Gasteiger partial charge on any atom is -0.490 e. The van der Waals surface area contributed by atoms with Gasteiger partial charge in [0.2, 0.25) is 11.8 Å². The zero-order valence-electron chi connectivity index (χ0n) is 17.2. The standard InChI is InChI=1S/C22H26N4O3/c1-13(2)28-22-6-5-15(10-24-22)16-7-19-18(12-26(4)25-19)20(8-16)29-14(3)17-9-21(27)23-11-17/h5-8,10,12-14,17H,9,11H2,1-4H3,(H,23,27). The van der Waals surface area contributed by atoms with Gasteiger partial charge < -0.3 is 14.8 Å². The van der Waals surface area contributed by atoms with Crippen LogP contribution in [0, 0.1) is 5.92 Å². The summed E-state index contributed by atoms with van der Waals surface area (Å²) in [6.07, 6.45) is 4.24. The van der Waals surface area contributed by atoms with Gasteiger partial charge in [-0.15, -0.1) is 0 Å². The van der Waals surface area contributed by atoms with E-state index in [-0.39, 0.29) is 24.0 Å². The number of ether oxygens (including phenoxy) is 2. The number of fused-ring (bicyclic) bond motifs is 1. The highest BCUT2D eigenvalue weighted by Gasteiger charge is 2.28. The average molecular weight is 394 g/mol. The SMILES string of the molecule is CC(C)Oc1ccc(-c2cc(OC(C)C3CNC(=O)C3)c3cn(C)nc3c2)cn1. The van der Waals surface area contributed by atoms with Crippen LogP contribution >= 0.6 is 0 Å². The number of nitrogens with one attached hydrogen (secondary N) is 1. The average Bonchev–Trinajstić information content (AvgIpc) is 3.27. The van der Waals surface area contributed by atoms with Gasteiger partial charge in [0.25, 0.3) is 0 Å². The molecule has 0 bridgehead atoms. The van der Waals surface area contributed by atoms with Crippen LogP contribution in [-0.4, -0.2) is 39.4 Å². The third-order valence-corrected chi connectivity index (χ3v) is 5.11. The minimum absolute atomic E-state index is 0.0802. The van der Waals surface area contributed by atoms with Crippen molar-refractivity contribution in [3.05, 3.63) is 36.7 Å². The number of aryl methyl sites for hydroxylation is 1. The van der Waals surface area contributed by atoms with Crippen molar-refractivity contribution in [2.24, 2.45) is 13.0 Å². The maximum atomic E-state index is 11.6. The molecule has 2 atom stereocenters. The van der Waals surface area contributed by atoms with Crippen molar-refractivity contribution >= 4 is 16.8 Å². The lowest BCUT2D eigenvalue weighted by molar-refractivity contribution is -0.119. The molecule has 2 unspecified atom stereocenters. The molecule has 1 saturated heterocycles. The molecule has 3 heterocycles. The molecule has 7 nitrogen and oxygen atoms in total. The second-order valence-corrected chi connectivity index (χ2v) is 7.85. The van der Waals surface area contributed by atoms with Crippen molar-refractivity contribution in [1.29, 1.82) is 0 Å². The Morgan fingerprint density at radius 2 is 2.00 bits per heavy atom. The summed E-state index contributed by atoms with van der Waals surface area (Å²) >= 11 is 0. The summed E-state index contributed by atoms with van der Waals surface area (Å²) in [5.74, 6) is 1.61. The normalized spacial score (nSPS) is 17.6. The fourth-order valence-electron chi connectivity index (χ4n) is 3.59. The Kier molecular flexibility index (Phi) is 5.13. The molecule has 1 fully saturated rings. The van der Waals surface area contributed by atoms with E-state index in [1.54, 1.807) is 10.9 Å². The summed E-state index contributed by atoms with van der Waals surface area (Å²) in [6.45, 7) is 6.61. The molecule has 152 valence electrons. The molecule has 1 amide bonds. The van der Waals surface area contributed by atoms with Crippen molar-refractivity contribution in [2.45, 2.75) is 39.4 Å². The molecule has 1 aromatic carbocycles. The van der Waals surface area contributed by atoms with E-state index in [1.807, 2.05) is 58.3 Å². The molecule has 0 spiro atoms. The molecule has 0 aliphatic carbocycles. The second-order valence-electron chi connectivity index (χ2n) is 7.85.